The van der Waals surface area contributed by atoms with Gasteiger partial charge >= 0.3 is 23.9 Å². The highest BCUT2D eigenvalue weighted by molar-refractivity contribution is 5.30. The molecule has 0 aliphatic carbocycles. The summed E-state index contributed by atoms with van der Waals surface area (Å²) in [7, 11) is 0. The lowest BCUT2D eigenvalue weighted by Crippen LogP contribution is -2.59. The topological polar surface area (TPSA) is 19.9 Å². The summed E-state index contributed by atoms with van der Waals surface area (Å²) < 4.78 is 116. The van der Waals surface area contributed by atoms with Gasteiger partial charge in [0.15, 0.2) is 0 Å². The van der Waals surface area contributed by atoms with Crippen LogP contribution in [0.3, 0.4) is 0 Å². The molecule has 1 nitrogen and oxygen atoms in total. The second-order valence-corrected chi connectivity index (χ2v) is 5.12. The smallest absolute Gasteiger partial charge is 0.228 e. The summed E-state index contributed by atoms with van der Waals surface area (Å²) in [6, 6.07) is 2.23. The van der Waals surface area contributed by atoms with Crippen molar-refractivity contribution in [1.29, 1.82) is 0 Å². The van der Waals surface area contributed by atoms with Crippen LogP contribution in [-0.2, 0) is 11.0 Å². The first kappa shape index (κ1) is 20.6. The van der Waals surface area contributed by atoms with E-state index in [4.69, 9.17) is 0 Å². The van der Waals surface area contributed by atoms with E-state index in [2.05, 4.69) is 0 Å². The van der Waals surface area contributed by atoms with Gasteiger partial charge in [-0.2, -0.15) is 39.5 Å². The number of alkyl halides is 9. The van der Waals surface area contributed by atoms with E-state index < -0.39 is 41.2 Å². The van der Waals surface area contributed by atoms with Crippen molar-refractivity contribution in [2.45, 2.75) is 49.8 Å². The van der Waals surface area contributed by atoms with Crippen molar-refractivity contribution in [1.82, 2.24) is 0 Å². The summed E-state index contributed by atoms with van der Waals surface area (Å²) in [6.45, 7) is 1.58. The van der Waals surface area contributed by atoms with E-state index >= 15 is 0 Å². The Morgan fingerprint density at radius 2 is 1.46 bits per heavy atom. The van der Waals surface area contributed by atoms with E-state index in [1.807, 2.05) is 0 Å². The monoisotopic (exact) mass is 367 g/mol. The average Bonchev–Trinajstić information content (AvgIpc) is 2.46. The minimum Gasteiger partial charge on any atom is -0.228 e. The molecule has 0 bridgehead atoms. The molecule has 0 heterocycles. The molecule has 0 aliphatic heterocycles. The molecule has 0 fully saturated rings. The van der Waals surface area contributed by atoms with Crippen molar-refractivity contribution in [3.8, 4) is 0 Å². The normalized spacial score (nSPS) is 15.5. The molecule has 1 aromatic carbocycles. The molecular formula is C14H12F9O. The lowest BCUT2D eigenvalue weighted by Gasteiger charge is -2.34. The molecule has 0 saturated heterocycles. The standard InChI is InChI=1S/C14H12F9O/c1-2-4-10(24)8-5-3-6-9(7-8)11(15,16)12(17,18)13(19,20)14(21,22)23/h3,5-7,10H,2,4H2,1H3. The molecule has 1 rings (SSSR count). The van der Waals surface area contributed by atoms with Crippen molar-refractivity contribution in [3.05, 3.63) is 35.4 Å². The number of halogens is 9. The molecule has 0 spiro atoms. The molecule has 0 amide bonds. The largest absolute Gasteiger partial charge is 0.460 e. The van der Waals surface area contributed by atoms with Gasteiger partial charge in [0.1, 0.15) is 6.10 Å². The van der Waals surface area contributed by atoms with Gasteiger partial charge in [-0.15, -0.1) is 0 Å². The number of benzene rings is 1. The predicted octanol–water partition coefficient (Wildman–Crippen LogP) is 5.88. The van der Waals surface area contributed by atoms with Crippen molar-refractivity contribution < 1.29 is 44.6 Å². The lowest BCUT2D eigenvalue weighted by atomic mass is 9.94. The average molecular weight is 367 g/mol. The maximum Gasteiger partial charge on any atom is 0.460 e. The van der Waals surface area contributed by atoms with Crippen LogP contribution >= 0.6 is 0 Å². The Morgan fingerprint density at radius 3 is 1.92 bits per heavy atom. The number of hydrogen-bond acceptors (Lipinski definition) is 0. The Kier molecular flexibility index (Phi) is 5.54. The minimum atomic E-state index is -6.96. The third-order valence-electron chi connectivity index (χ3n) is 3.32. The molecule has 137 valence electrons. The van der Waals surface area contributed by atoms with Crippen LogP contribution in [0, 0.1) is 0 Å². The molecule has 1 atom stereocenters. The Labute approximate surface area is 131 Å². The fourth-order valence-electron chi connectivity index (χ4n) is 1.92. The van der Waals surface area contributed by atoms with Gasteiger partial charge < -0.3 is 0 Å². The van der Waals surface area contributed by atoms with Gasteiger partial charge in [0.25, 0.3) is 0 Å². The minimum absolute atomic E-state index is 0.0515. The maximum atomic E-state index is 13.8. The fourth-order valence-corrected chi connectivity index (χ4v) is 1.92. The van der Waals surface area contributed by atoms with Gasteiger partial charge in [0, 0.05) is 5.56 Å². The van der Waals surface area contributed by atoms with Gasteiger partial charge in [-0.25, -0.2) is 5.11 Å². The second-order valence-electron chi connectivity index (χ2n) is 5.12. The molecule has 0 aromatic heterocycles. The quantitative estimate of drug-likeness (QED) is 0.560. The highest BCUT2D eigenvalue weighted by Crippen LogP contribution is 2.56. The van der Waals surface area contributed by atoms with Gasteiger partial charge in [-0.1, -0.05) is 31.5 Å². The summed E-state index contributed by atoms with van der Waals surface area (Å²) in [6.07, 6.45) is -8.19. The van der Waals surface area contributed by atoms with Gasteiger partial charge in [0.2, 0.25) is 0 Å². The molecule has 0 saturated carbocycles. The predicted molar refractivity (Wildman–Crippen MR) is 64.6 cm³/mol. The van der Waals surface area contributed by atoms with Gasteiger partial charge in [0.05, 0.1) is 0 Å². The fraction of sp³-hybridized carbons (Fsp3) is 0.571. The van der Waals surface area contributed by atoms with E-state index in [1.54, 1.807) is 6.92 Å². The zero-order chi connectivity index (χ0) is 19.0. The van der Waals surface area contributed by atoms with Gasteiger partial charge in [-0.05, 0) is 18.1 Å². The summed E-state index contributed by atoms with van der Waals surface area (Å²) in [5.74, 6) is -19.5. The first-order valence-corrected chi connectivity index (χ1v) is 6.66. The van der Waals surface area contributed by atoms with E-state index in [0.29, 0.717) is 6.42 Å². The Balaban J connectivity index is 3.36. The highest BCUT2D eigenvalue weighted by Gasteiger charge is 2.82. The van der Waals surface area contributed by atoms with E-state index in [0.717, 1.165) is 12.1 Å². The Morgan fingerprint density at radius 1 is 0.917 bits per heavy atom. The summed E-state index contributed by atoms with van der Waals surface area (Å²) >= 11 is 0. The second kappa shape index (κ2) is 6.45. The van der Waals surface area contributed by atoms with Crippen LogP contribution in [0.5, 0.6) is 0 Å². The molecule has 1 radical (unpaired) electrons. The summed E-state index contributed by atoms with van der Waals surface area (Å²) in [5.41, 5.74) is -2.19. The first-order valence-electron chi connectivity index (χ1n) is 6.66. The van der Waals surface area contributed by atoms with E-state index in [-0.39, 0.29) is 18.6 Å². The van der Waals surface area contributed by atoms with Crippen LogP contribution < -0.4 is 0 Å². The third kappa shape index (κ3) is 3.33. The summed E-state index contributed by atoms with van der Waals surface area (Å²) in [5, 5.41) is 11.7. The lowest BCUT2D eigenvalue weighted by molar-refractivity contribution is -0.399. The van der Waals surface area contributed by atoms with Crippen molar-refractivity contribution in [2.24, 2.45) is 0 Å². The van der Waals surface area contributed by atoms with Crippen LogP contribution in [0.1, 0.15) is 37.0 Å². The zero-order valence-electron chi connectivity index (χ0n) is 12.1. The van der Waals surface area contributed by atoms with Crippen molar-refractivity contribution in [2.75, 3.05) is 0 Å². The van der Waals surface area contributed by atoms with Gasteiger partial charge in [-0.3, -0.25) is 0 Å². The van der Waals surface area contributed by atoms with Crippen LogP contribution in [0.15, 0.2) is 24.3 Å². The zero-order valence-corrected chi connectivity index (χ0v) is 12.1. The maximum absolute atomic E-state index is 13.8. The van der Waals surface area contributed by atoms with Crippen molar-refractivity contribution >= 4 is 0 Å². The highest BCUT2D eigenvalue weighted by atomic mass is 19.4. The third-order valence-corrected chi connectivity index (χ3v) is 3.32. The Bertz CT molecular complexity index is 566. The molecule has 0 N–H and O–H groups in total. The molecular weight excluding hydrogens is 355 g/mol. The Hall–Kier alpha value is -1.45. The number of hydrogen-bond donors (Lipinski definition) is 0. The first-order chi connectivity index (χ1) is 10.7. The molecule has 1 aromatic rings. The summed E-state index contributed by atoms with van der Waals surface area (Å²) in [4.78, 5) is 0. The molecule has 24 heavy (non-hydrogen) atoms. The number of rotatable bonds is 6. The van der Waals surface area contributed by atoms with E-state index in [1.165, 1.54) is 0 Å². The molecule has 10 heteroatoms. The van der Waals surface area contributed by atoms with Crippen LogP contribution in [0.4, 0.5) is 39.5 Å². The van der Waals surface area contributed by atoms with E-state index in [9.17, 15) is 44.6 Å². The van der Waals surface area contributed by atoms with Crippen LogP contribution in [0.2, 0.25) is 0 Å². The van der Waals surface area contributed by atoms with Crippen LogP contribution in [0.25, 0.3) is 0 Å². The molecule has 0 aliphatic rings. The van der Waals surface area contributed by atoms with Crippen molar-refractivity contribution in [3.63, 3.8) is 0 Å². The SMILES string of the molecule is CCCC([O])c1cccc(C(F)(F)C(F)(F)C(F)(F)C(F)(F)F)c1. The molecule has 1 unspecified atom stereocenters. The van der Waals surface area contributed by atoms with Crippen LogP contribution in [-0.4, -0.2) is 18.0 Å².